The molecule has 6 N–H and O–H groups in total. The molecule has 0 bridgehead atoms. The minimum Gasteiger partial charge on any atom is -0.769 e. The quantitative estimate of drug-likeness (QED) is 0.174. The first-order chi connectivity index (χ1) is 17.3. The zero-order chi connectivity index (χ0) is 27.6. The molecule has 0 saturated heterocycles. The van der Waals surface area contributed by atoms with E-state index in [1.54, 1.807) is 0 Å². The monoisotopic (exact) mass is 520 g/mol. The van der Waals surface area contributed by atoms with Crippen molar-refractivity contribution < 1.29 is 31.2 Å². The molecule has 0 saturated carbocycles. The fourth-order valence-electron chi connectivity index (χ4n) is 3.69. The Bertz CT molecular complexity index is 1090. The second-order valence-corrected chi connectivity index (χ2v) is 7.30. The molecule has 37 heavy (non-hydrogen) atoms. The minimum atomic E-state index is -1.53. The molecular formula is C19H16N6O12-6. The average molecular weight is 520 g/mol. The summed E-state index contributed by atoms with van der Waals surface area (Å²) in [5.74, 6) is -1.53. The van der Waals surface area contributed by atoms with E-state index in [9.17, 15) is 62.5 Å². The van der Waals surface area contributed by atoms with Gasteiger partial charge in [-0.25, -0.2) is 0 Å². The summed E-state index contributed by atoms with van der Waals surface area (Å²) in [5.41, 5.74) is -4.47. The molecule has 200 valence electrons. The average Bonchev–Trinajstić information content (AvgIpc) is 2.83. The smallest absolute Gasteiger partial charge is 0.100 e. The van der Waals surface area contributed by atoms with Gasteiger partial charge in [-0.3, -0.25) is 31.2 Å². The highest BCUT2D eigenvalue weighted by Gasteiger charge is 2.29. The summed E-state index contributed by atoms with van der Waals surface area (Å²) < 4.78 is 0. The Morgan fingerprint density at radius 2 is 0.676 bits per heavy atom. The van der Waals surface area contributed by atoms with Crippen LogP contribution in [0.25, 0.3) is 0 Å². The van der Waals surface area contributed by atoms with Crippen LogP contribution in [0.15, 0.2) is 54.6 Å². The highest BCUT2D eigenvalue weighted by molar-refractivity contribution is 5.74. The predicted octanol–water partition coefficient (Wildman–Crippen LogP) is 3.03. The fourth-order valence-corrected chi connectivity index (χ4v) is 3.69. The summed E-state index contributed by atoms with van der Waals surface area (Å²) in [6.45, 7) is 0. The second kappa shape index (κ2) is 10.9. The fraction of sp³-hybridized carbons (Fsp3) is 0.0526. The van der Waals surface area contributed by atoms with E-state index < -0.39 is 71.4 Å². The van der Waals surface area contributed by atoms with Crippen LogP contribution in [-0.2, 0) is 0 Å². The van der Waals surface area contributed by atoms with E-state index in [0.717, 1.165) is 54.6 Å². The van der Waals surface area contributed by atoms with E-state index in [4.69, 9.17) is 0 Å². The number of nitrogens with zero attached hydrogens (tertiary/aromatic N) is 6. The number of hydrogen-bond donors (Lipinski definition) is 6. The Morgan fingerprint density at radius 1 is 0.432 bits per heavy atom. The van der Waals surface area contributed by atoms with Gasteiger partial charge in [-0.1, -0.05) is 18.2 Å². The molecule has 0 spiro atoms. The van der Waals surface area contributed by atoms with Crippen molar-refractivity contribution in [2.45, 2.75) is 5.92 Å². The van der Waals surface area contributed by atoms with Gasteiger partial charge in [-0.2, -0.15) is 0 Å². The van der Waals surface area contributed by atoms with E-state index in [2.05, 4.69) is 0 Å². The van der Waals surface area contributed by atoms with Crippen molar-refractivity contribution >= 4 is 34.1 Å². The van der Waals surface area contributed by atoms with Gasteiger partial charge in [0, 0.05) is 23.0 Å². The van der Waals surface area contributed by atoms with Gasteiger partial charge >= 0.3 is 0 Å². The lowest BCUT2D eigenvalue weighted by Crippen LogP contribution is -2.22. The third-order valence-electron chi connectivity index (χ3n) is 5.25. The normalized spacial score (nSPS) is 10.9. The number of rotatable bonds is 9. The summed E-state index contributed by atoms with van der Waals surface area (Å²) in [6.07, 6.45) is 0. The third-order valence-corrected chi connectivity index (χ3v) is 5.25. The Morgan fingerprint density at radius 3 is 0.865 bits per heavy atom. The van der Waals surface area contributed by atoms with Crippen LogP contribution in [0.4, 0.5) is 34.1 Å². The SMILES string of the molecule is [O-]N([O-])c1ccc(C(c2ccc(N([O-])[O-])cc2N(O)O)c2ccc(N([O-])[O-])cc2N(O)O)c(N(O)O)c1. The number of benzene rings is 3. The lowest BCUT2D eigenvalue weighted by atomic mass is 9.82. The Hall–Kier alpha value is -4.02. The van der Waals surface area contributed by atoms with E-state index in [0.29, 0.717) is 0 Å². The zero-order valence-corrected chi connectivity index (χ0v) is 18.1. The number of hydrogen-bond acceptors (Lipinski definition) is 18. The molecule has 18 nitrogen and oxygen atoms in total. The number of anilines is 6. The first-order valence-electron chi connectivity index (χ1n) is 9.72. The molecule has 3 aromatic rings. The molecule has 3 rings (SSSR count). The van der Waals surface area contributed by atoms with Gasteiger partial charge in [0.1, 0.15) is 17.1 Å². The lowest BCUT2D eigenvalue weighted by Gasteiger charge is -2.39. The summed E-state index contributed by atoms with van der Waals surface area (Å²) in [7, 11) is 0. The molecule has 0 fully saturated rings. The van der Waals surface area contributed by atoms with Gasteiger partial charge in [0.05, 0.1) is 0 Å². The molecule has 3 aromatic carbocycles. The maximum atomic E-state index is 11.2. The maximum absolute atomic E-state index is 11.2. The summed E-state index contributed by atoms with van der Waals surface area (Å²) in [4.78, 5) is 0. The topological polar surface area (TPSA) is 279 Å². The summed E-state index contributed by atoms with van der Waals surface area (Å²) >= 11 is 0. The Labute approximate surface area is 205 Å². The van der Waals surface area contributed by atoms with Gasteiger partial charge in [-0.05, 0) is 53.1 Å². The molecule has 0 aliphatic carbocycles. The molecule has 0 atom stereocenters. The first-order valence-corrected chi connectivity index (χ1v) is 9.72. The van der Waals surface area contributed by atoms with Crippen LogP contribution in [0, 0.1) is 31.2 Å². The summed E-state index contributed by atoms with van der Waals surface area (Å²) in [5, 5.41) is 122. The van der Waals surface area contributed by atoms with Gasteiger partial charge in [-0.15, -0.1) is 15.7 Å². The van der Waals surface area contributed by atoms with E-state index in [1.807, 2.05) is 0 Å². The maximum Gasteiger partial charge on any atom is 0.100 e. The highest BCUT2D eigenvalue weighted by atomic mass is 16.8. The van der Waals surface area contributed by atoms with Crippen molar-refractivity contribution in [3.8, 4) is 0 Å². The largest absolute Gasteiger partial charge is 0.769 e. The predicted molar refractivity (Wildman–Crippen MR) is 126 cm³/mol. The zero-order valence-electron chi connectivity index (χ0n) is 18.1. The molecule has 0 aliphatic rings. The molecule has 0 amide bonds. The van der Waals surface area contributed by atoms with Crippen LogP contribution in [-0.4, -0.2) is 31.2 Å². The minimum absolute atomic E-state index is 0.246. The van der Waals surface area contributed by atoms with Crippen LogP contribution in [0.5, 0.6) is 0 Å². The molecule has 18 heteroatoms. The van der Waals surface area contributed by atoms with Gasteiger partial charge < -0.3 is 46.9 Å². The van der Waals surface area contributed by atoms with Crippen LogP contribution in [0.2, 0.25) is 0 Å². The molecule has 0 aromatic heterocycles. The lowest BCUT2D eigenvalue weighted by molar-refractivity contribution is 0.0286. The van der Waals surface area contributed by atoms with Crippen molar-refractivity contribution in [2.24, 2.45) is 0 Å². The van der Waals surface area contributed by atoms with Crippen LogP contribution in [0.1, 0.15) is 22.6 Å². The standard InChI is InChI=1S/C19H16N6O12/c26-20(27)10-1-4-13(16(7-10)23(32)33)19(14-5-2-11(21(28)29)8-17(14)24(34)35)15-6-3-12(22(30)31)9-18(15)25(36)37/h1-9,19,32-37H/q-6. The molecule has 0 aliphatic heterocycles. The Balaban J connectivity index is 2.44. The highest BCUT2D eigenvalue weighted by Crippen LogP contribution is 2.46. The second-order valence-electron chi connectivity index (χ2n) is 7.30. The van der Waals surface area contributed by atoms with Crippen molar-refractivity contribution in [3.63, 3.8) is 0 Å². The van der Waals surface area contributed by atoms with Crippen molar-refractivity contribution in [1.29, 1.82) is 0 Å². The van der Waals surface area contributed by atoms with Crippen LogP contribution in [0.3, 0.4) is 0 Å². The third kappa shape index (κ3) is 5.71. The molecule has 0 heterocycles. The van der Waals surface area contributed by atoms with Crippen molar-refractivity contribution in [1.82, 2.24) is 0 Å². The van der Waals surface area contributed by atoms with Crippen molar-refractivity contribution in [3.05, 3.63) is 103 Å². The van der Waals surface area contributed by atoms with Crippen LogP contribution < -0.4 is 31.4 Å². The van der Waals surface area contributed by atoms with E-state index >= 15 is 0 Å². The molecule has 0 radical (unpaired) electrons. The first kappa shape index (κ1) is 27.6. The van der Waals surface area contributed by atoms with Gasteiger partial charge in [0.15, 0.2) is 0 Å². The van der Waals surface area contributed by atoms with Crippen molar-refractivity contribution in [2.75, 3.05) is 31.4 Å². The van der Waals surface area contributed by atoms with Crippen LogP contribution >= 0.6 is 0 Å². The molecule has 0 unspecified atom stereocenters. The summed E-state index contributed by atoms with van der Waals surface area (Å²) in [6, 6.07) is 8.06. The Kier molecular flexibility index (Phi) is 8.15. The van der Waals surface area contributed by atoms with Gasteiger partial charge in [0.2, 0.25) is 0 Å². The van der Waals surface area contributed by atoms with Gasteiger partial charge in [0.25, 0.3) is 0 Å². The van der Waals surface area contributed by atoms with E-state index in [1.165, 1.54) is 0 Å². The van der Waals surface area contributed by atoms with E-state index in [-0.39, 0.29) is 16.7 Å². The molecular weight excluding hydrogens is 504 g/mol.